The monoisotopic (exact) mass is 295 g/mol. The van der Waals surface area contributed by atoms with Crippen LogP contribution in [-0.4, -0.2) is 44.9 Å². The first-order valence-corrected chi connectivity index (χ1v) is 7.23. The Kier molecular flexibility index (Phi) is 3.22. The quantitative estimate of drug-likeness (QED) is 0.707. The molecule has 0 unspecified atom stereocenters. The number of carbonyl (C=O) groups is 4. The van der Waals surface area contributed by atoms with Crippen LogP contribution in [0.1, 0.15) is 32.1 Å². The maximum absolute atomic E-state index is 12.5. The van der Waals surface area contributed by atoms with E-state index in [1.165, 1.54) is 0 Å². The lowest BCUT2D eigenvalue weighted by molar-refractivity contribution is -0.156. The van der Waals surface area contributed by atoms with Crippen LogP contribution in [-0.2, 0) is 19.2 Å². The van der Waals surface area contributed by atoms with Crippen molar-refractivity contribution in [1.82, 2.24) is 4.90 Å². The molecule has 1 saturated heterocycles. The Morgan fingerprint density at radius 1 is 1.10 bits per heavy atom. The molecule has 7 nitrogen and oxygen atoms in total. The second-order valence-corrected chi connectivity index (χ2v) is 6.22. The summed E-state index contributed by atoms with van der Waals surface area (Å²) in [7, 11) is 0. The molecule has 1 aliphatic heterocycles. The van der Waals surface area contributed by atoms with Crippen LogP contribution in [0.2, 0.25) is 0 Å². The summed E-state index contributed by atoms with van der Waals surface area (Å²) in [5.41, 5.74) is 0. The van der Waals surface area contributed by atoms with Crippen LogP contribution in [0.5, 0.6) is 0 Å². The van der Waals surface area contributed by atoms with Gasteiger partial charge in [0.25, 0.3) is 0 Å². The Bertz CT molecular complexity index is 502. The third-order valence-corrected chi connectivity index (χ3v) is 5.19. The van der Waals surface area contributed by atoms with Crippen molar-refractivity contribution in [2.45, 2.75) is 38.1 Å². The van der Waals surface area contributed by atoms with Gasteiger partial charge in [0.05, 0.1) is 11.8 Å². The Morgan fingerprint density at radius 2 is 1.62 bits per heavy atom. The van der Waals surface area contributed by atoms with Gasteiger partial charge in [-0.3, -0.25) is 19.3 Å². The van der Waals surface area contributed by atoms with Crippen molar-refractivity contribution in [3.05, 3.63) is 0 Å². The number of carboxylic acids is 2. The van der Waals surface area contributed by atoms with E-state index in [9.17, 15) is 24.3 Å². The first-order chi connectivity index (χ1) is 9.91. The molecule has 114 valence electrons. The van der Waals surface area contributed by atoms with E-state index >= 15 is 0 Å². The van der Waals surface area contributed by atoms with Crippen LogP contribution in [0.25, 0.3) is 0 Å². The van der Waals surface area contributed by atoms with E-state index in [4.69, 9.17) is 5.11 Å². The molecule has 0 aromatic rings. The van der Waals surface area contributed by atoms with Gasteiger partial charge in [0.15, 0.2) is 0 Å². The number of fused-ring (bicyclic) bond motifs is 5. The normalized spacial score (nSPS) is 35.1. The van der Waals surface area contributed by atoms with E-state index in [0.717, 1.165) is 24.2 Å². The number of aliphatic carboxylic acids is 2. The van der Waals surface area contributed by atoms with Crippen molar-refractivity contribution in [2.24, 2.45) is 23.7 Å². The molecule has 2 bridgehead atoms. The lowest BCUT2D eigenvalue weighted by Gasteiger charge is -2.23. The highest BCUT2D eigenvalue weighted by Gasteiger charge is 2.62. The molecule has 0 aromatic carbocycles. The first kappa shape index (κ1) is 14.0. The Hall–Kier alpha value is -1.92. The third-order valence-electron chi connectivity index (χ3n) is 5.19. The number of carbonyl (C=O) groups excluding carboxylic acids is 2. The van der Waals surface area contributed by atoms with Gasteiger partial charge >= 0.3 is 11.9 Å². The average Bonchev–Trinajstić information content (AvgIpc) is 3.06. The van der Waals surface area contributed by atoms with Gasteiger partial charge in [-0.25, -0.2) is 4.79 Å². The molecule has 1 heterocycles. The number of hydrogen-bond donors (Lipinski definition) is 2. The molecular weight excluding hydrogens is 278 g/mol. The second kappa shape index (κ2) is 4.82. The fraction of sp³-hybridized carbons (Fsp3) is 0.714. The third kappa shape index (κ3) is 2.02. The maximum Gasteiger partial charge on any atom is 0.326 e. The molecule has 3 fully saturated rings. The van der Waals surface area contributed by atoms with Gasteiger partial charge in [-0.1, -0.05) is 0 Å². The van der Waals surface area contributed by atoms with Crippen LogP contribution in [0, 0.1) is 23.7 Å². The van der Waals surface area contributed by atoms with Crippen molar-refractivity contribution in [3.63, 3.8) is 0 Å². The standard InChI is InChI=1S/C14H17NO6/c16-9(17)4-3-8(14(20)21)15-12(18)10-6-1-2-7(5-6)11(10)13(15)19/h6-8,10-11H,1-5H2,(H,16,17)(H,20,21)/t6-,7-,8-,10+,11+/m0/s1. The van der Waals surface area contributed by atoms with Gasteiger partial charge in [-0.15, -0.1) is 0 Å². The summed E-state index contributed by atoms with van der Waals surface area (Å²) >= 11 is 0. The van der Waals surface area contributed by atoms with E-state index in [-0.39, 0.29) is 36.5 Å². The van der Waals surface area contributed by atoms with E-state index in [1.807, 2.05) is 0 Å². The zero-order valence-electron chi connectivity index (χ0n) is 11.4. The molecule has 21 heavy (non-hydrogen) atoms. The molecule has 0 spiro atoms. The first-order valence-electron chi connectivity index (χ1n) is 7.23. The number of hydrogen-bond acceptors (Lipinski definition) is 4. The minimum Gasteiger partial charge on any atom is -0.481 e. The fourth-order valence-corrected chi connectivity index (χ4v) is 4.36. The molecule has 5 atom stereocenters. The topological polar surface area (TPSA) is 112 Å². The molecular formula is C14H17NO6. The molecule has 2 amide bonds. The van der Waals surface area contributed by atoms with Crippen molar-refractivity contribution in [2.75, 3.05) is 0 Å². The zero-order chi connectivity index (χ0) is 15.3. The average molecular weight is 295 g/mol. The van der Waals surface area contributed by atoms with Gasteiger partial charge in [0.2, 0.25) is 11.8 Å². The number of imide groups is 1. The Morgan fingerprint density at radius 3 is 2.05 bits per heavy atom. The van der Waals surface area contributed by atoms with Crippen molar-refractivity contribution in [3.8, 4) is 0 Å². The van der Waals surface area contributed by atoms with Crippen molar-refractivity contribution >= 4 is 23.8 Å². The van der Waals surface area contributed by atoms with Gasteiger partial charge < -0.3 is 10.2 Å². The Labute approximate surface area is 120 Å². The van der Waals surface area contributed by atoms with Crippen LogP contribution >= 0.6 is 0 Å². The lowest BCUT2D eigenvalue weighted by Crippen LogP contribution is -2.46. The van der Waals surface area contributed by atoms with Crippen molar-refractivity contribution in [1.29, 1.82) is 0 Å². The SMILES string of the molecule is O=C(O)CC[C@@H](C(=O)O)N1C(=O)[C@@H]2[C@H]3CC[C@@H](C3)[C@H]2C1=O. The van der Waals surface area contributed by atoms with Crippen LogP contribution < -0.4 is 0 Å². The second-order valence-electron chi connectivity index (χ2n) is 6.22. The molecule has 2 saturated carbocycles. The van der Waals surface area contributed by atoms with Gasteiger partial charge in [0.1, 0.15) is 6.04 Å². The molecule has 0 aromatic heterocycles. The minimum absolute atomic E-state index is 0.190. The lowest BCUT2D eigenvalue weighted by atomic mass is 9.81. The number of nitrogens with zero attached hydrogens (tertiary/aromatic N) is 1. The largest absolute Gasteiger partial charge is 0.481 e. The molecule has 0 radical (unpaired) electrons. The predicted octanol–water partition coefficient (Wildman–Crippen LogP) is 0.335. The number of rotatable bonds is 5. The van der Waals surface area contributed by atoms with Crippen molar-refractivity contribution < 1.29 is 29.4 Å². The van der Waals surface area contributed by atoms with E-state index in [0.29, 0.717) is 0 Å². The van der Waals surface area contributed by atoms with Gasteiger partial charge in [-0.05, 0) is 37.5 Å². The minimum atomic E-state index is -1.36. The summed E-state index contributed by atoms with van der Waals surface area (Å²) < 4.78 is 0. The molecule has 2 N–H and O–H groups in total. The van der Waals surface area contributed by atoms with Crippen LogP contribution in [0.15, 0.2) is 0 Å². The summed E-state index contributed by atoms with van der Waals surface area (Å²) in [5.74, 6) is -3.63. The summed E-state index contributed by atoms with van der Waals surface area (Å²) in [6.07, 6.45) is 2.11. The summed E-state index contributed by atoms with van der Waals surface area (Å²) in [6.45, 7) is 0. The summed E-state index contributed by atoms with van der Waals surface area (Å²) in [4.78, 5) is 47.8. The van der Waals surface area contributed by atoms with Gasteiger partial charge in [0, 0.05) is 6.42 Å². The highest BCUT2D eigenvalue weighted by Crippen LogP contribution is 2.56. The van der Waals surface area contributed by atoms with E-state index in [1.54, 1.807) is 0 Å². The smallest absolute Gasteiger partial charge is 0.326 e. The number of amides is 2. The highest BCUT2D eigenvalue weighted by atomic mass is 16.4. The fourth-order valence-electron chi connectivity index (χ4n) is 4.36. The van der Waals surface area contributed by atoms with Crippen LogP contribution in [0.4, 0.5) is 0 Å². The molecule has 2 aliphatic carbocycles. The maximum atomic E-state index is 12.5. The van der Waals surface area contributed by atoms with E-state index in [2.05, 4.69) is 0 Å². The number of carboxylic acid groups (broad SMARTS) is 2. The summed E-state index contributed by atoms with van der Waals surface area (Å²) in [6, 6.07) is -1.36. The molecule has 3 rings (SSSR count). The molecule has 7 heteroatoms. The number of likely N-dealkylation sites (tertiary alicyclic amines) is 1. The Balaban J connectivity index is 1.84. The highest BCUT2D eigenvalue weighted by molar-refractivity contribution is 6.08. The van der Waals surface area contributed by atoms with Gasteiger partial charge in [-0.2, -0.15) is 0 Å². The van der Waals surface area contributed by atoms with E-state index < -0.39 is 29.8 Å². The summed E-state index contributed by atoms with van der Waals surface area (Å²) in [5, 5.41) is 17.9. The van der Waals surface area contributed by atoms with Crippen LogP contribution in [0.3, 0.4) is 0 Å². The molecule has 3 aliphatic rings. The predicted molar refractivity (Wildman–Crippen MR) is 68.0 cm³/mol. The zero-order valence-corrected chi connectivity index (χ0v) is 11.4.